The molecule has 458 valence electrons. The maximum Gasteiger partial charge on any atom is 0.472 e. The second-order valence-electron chi connectivity index (χ2n) is 24.9. The number of nitrogens with one attached hydrogen (secondary N) is 1. The van der Waals surface area contributed by atoms with E-state index in [1.165, 1.54) is 283 Å². The van der Waals surface area contributed by atoms with E-state index in [2.05, 4.69) is 43.5 Å². The first kappa shape index (κ1) is 76.0. The van der Waals surface area contributed by atoms with Crippen LogP contribution in [0.1, 0.15) is 354 Å². The van der Waals surface area contributed by atoms with Gasteiger partial charge in [-0.1, -0.05) is 327 Å². The molecule has 0 aliphatic rings. The molecule has 9 heteroatoms. The lowest BCUT2D eigenvalue weighted by atomic mass is 10.0. The second kappa shape index (κ2) is 59.6. The lowest BCUT2D eigenvalue weighted by Crippen LogP contribution is -2.46. The Morgan fingerprint density at radius 3 is 1.06 bits per heavy atom. The zero-order valence-corrected chi connectivity index (χ0v) is 53.4. The summed E-state index contributed by atoms with van der Waals surface area (Å²) >= 11 is 0. The van der Waals surface area contributed by atoms with E-state index in [0.717, 1.165) is 44.9 Å². The van der Waals surface area contributed by atoms with Crippen LogP contribution < -0.4 is 5.32 Å². The molecule has 0 saturated heterocycles. The zero-order valence-electron chi connectivity index (χ0n) is 52.5. The lowest BCUT2D eigenvalue weighted by Gasteiger charge is -2.26. The molecular formula is C68H136N2O6P+. The van der Waals surface area contributed by atoms with E-state index in [1.54, 1.807) is 0 Å². The van der Waals surface area contributed by atoms with Crippen molar-refractivity contribution < 1.29 is 32.9 Å². The number of unbranched alkanes of at least 4 members (excludes halogenated alkanes) is 47. The smallest absolute Gasteiger partial charge is 0.391 e. The lowest BCUT2D eigenvalue weighted by molar-refractivity contribution is -0.870. The molecule has 0 aromatic carbocycles. The number of hydrogen-bond acceptors (Lipinski definition) is 5. The number of phosphoric ester groups is 1. The molecule has 0 aromatic rings. The number of aliphatic hydroxyl groups excluding tert-OH is 1. The summed E-state index contributed by atoms with van der Waals surface area (Å²) in [7, 11) is 1.63. The molecule has 3 atom stereocenters. The molecule has 0 aliphatic carbocycles. The van der Waals surface area contributed by atoms with Gasteiger partial charge in [-0.15, -0.1) is 0 Å². The van der Waals surface area contributed by atoms with E-state index in [9.17, 15) is 19.4 Å². The predicted octanol–water partition coefficient (Wildman–Crippen LogP) is 21.5. The van der Waals surface area contributed by atoms with Gasteiger partial charge in [0, 0.05) is 6.42 Å². The quantitative estimate of drug-likeness (QED) is 0.0243. The van der Waals surface area contributed by atoms with Crippen LogP contribution >= 0.6 is 7.82 Å². The van der Waals surface area contributed by atoms with Gasteiger partial charge in [-0.2, -0.15) is 0 Å². The molecule has 77 heavy (non-hydrogen) atoms. The van der Waals surface area contributed by atoms with Crippen LogP contribution in [0.4, 0.5) is 0 Å². The Bertz CT molecular complexity index is 1300. The minimum absolute atomic E-state index is 0.0759. The van der Waals surface area contributed by atoms with Crippen molar-refractivity contribution in [2.24, 2.45) is 0 Å². The Hall–Kier alpha value is -1.02. The fraction of sp³-hybridized carbons (Fsp3) is 0.926. The molecule has 0 radical (unpaired) electrons. The summed E-state index contributed by atoms with van der Waals surface area (Å²) in [5, 5.41) is 14.1. The first-order valence-electron chi connectivity index (χ1n) is 34.2. The summed E-state index contributed by atoms with van der Waals surface area (Å²) in [6.07, 6.45) is 77.0. The monoisotopic (exact) mass is 1110 g/mol. The SMILES string of the molecule is CCCCCCC/C=C\C/C=C\CCCCCCCCCCCCCC(=O)NC(COP(=O)(O)OCC[N+](C)(C)C)C(O)CCCCCCCCCCCCCCCCCCCCCCCCCCCCCCCCCC. The molecule has 0 bridgehead atoms. The number of carbonyl (C=O) groups is 1. The number of aliphatic hydroxyl groups is 1. The third-order valence-electron chi connectivity index (χ3n) is 16.0. The maximum atomic E-state index is 13.1. The standard InChI is InChI=1S/C68H135N2O6P/c1-6-8-10-12-14-16-18-20-22-24-26-28-30-31-32-33-34-35-36-37-38-40-41-43-45-47-49-51-53-55-57-59-61-67(71)66(65-76-77(73,74)75-64-63-70(3,4)5)69-68(72)62-60-58-56-54-52-50-48-46-44-42-39-29-27-25-23-21-19-17-15-13-11-9-7-2/h19,21,25,27,66-67,71H,6-18,20,22-24,26,28-65H2,1-5H3,(H-,69,72,73,74)/p+1/b21-19-,27-25-. The van der Waals surface area contributed by atoms with Crippen LogP contribution in [0.25, 0.3) is 0 Å². The number of likely N-dealkylation sites (N-methyl/N-ethyl adjacent to an activating group) is 1. The molecule has 3 N–H and O–H groups in total. The van der Waals surface area contributed by atoms with Gasteiger partial charge in [0.15, 0.2) is 0 Å². The number of amides is 1. The molecule has 0 heterocycles. The summed E-state index contributed by atoms with van der Waals surface area (Å²) in [5.74, 6) is -0.141. The molecule has 0 spiro atoms. The van der Waals surface area contributed by atoms with Crippen molar-refractivity contribution in [3.05, 3.63) is 24.3 Å². The van der Waals surface area contributed by atoms with Crippen molar-refractivity contribution in [3.63, 3.8) is 0 Å². The van der Waals surface area contributed by atoms with E-state index in [1.807, 2.05) is 21.1 Å². The van der Waals surface area contributed by atoms with Crippen molar-refractivity contribution in [1.29, 1.82) is 0 Å². The highest BCUT2D eigenvalue weighted by Gasteiger charge is 2.28. The van der Waals surface area contributed by atoms with Crippen LogP contribution in [-0.2, 0) is 18.4 Å². The predicted molar refractivity (Wildman–Crippen MR) is 337 cm³/mol. The first-order chi connectivity index (χ1) is 37.5. The summed E-state index contributed by atoms with van der Waals surface area (Å²) in [6.45, 7) is 4.93. The van der Waals surface area contributed by atoms with Crippen molar-refractivity contribution in [3.8, 4) is 0 Å². The average Bonchev–Trinajstić information content (AvgIpc) is 3.39. The maximum absolute atomic E-state index is 13.1. The van der Waals surface area contributed by atoms with E-state index in [4.69, 9.17) is 9.05 Å². The van der Waals surface area contributed by atoms with Gasteiger partial charge in [-0.25, -0.2) is 4.57 Å². The fourth-order valence-corrected chi connectivity index (χ4v) is 11.3. The summed E-state index contributed by atoms with van der Waals surface area (Å²) in [6, 6.07) is -0.762. The Labute approximate surface area is 481 Å². The second-order valence-corrected chi connectivity index (χ2v) is 26.4. The van der Waals surface area contributed by atoms with Crippen LogP contribution in [0.15, 0.2) is 24.3 Å². The summed E-state index contributed by atoms with van der Waals surface area (Å²) in [5.41, 5.74) is 0. The van der Waals surface area contributed by atoms with Crippen molar-refractivity contribution in [2.45, 2.75) is 366 Å². The van der Waals surface area contributed by atoms with Gasteiger partial charge in [-0.05, 0) is 44.9 Å². The minimum Gasteiger partial charge on any atom is -0.391 e. The third-order valence-corrected chi connectivity index (χ3v) is 16.9. The van der Waals surface area contributed by atoms with Gasteiger partial charge in [0.05, 0.1) is 39.9 Å². The Morgan fingerprint density at radius 2 is 0.740 bits per heavy atom. The van der Waals surface area contributed by atoms with Crippen LogP contribution in [0.5, 0.6) is 0 Å². The number of rotatable bonds is 64. The van der Waals surface area contributed by atoms with Gasteiger partial charge in [-0.3, -0.25) is 13.8 Å². The third kappa shape index (κ3) is 62.4. The molecule has 1 amide bonds. The summed E-state index contributed by atoms with van der Waals surface area (Å²) < 4.78 is 23.9. The van der Waals surface area contributed by atoms with Crippen LogP contribution in [0.2, 0.25) is 0 Å². The van der Waals surface area contributed by atoms with Gasteiger partial charge >= 0.3 is 7.82 Å². The highest BCUT2D eigenvalue weighted by molar-refractivity contribution is 7.47. The largest absolute Gasteiger partial charge is 0.472 e. The van der Waals surface area contributed by atoms with E-state index < -0.39 is 20.0 Å². The highest BCUT2D eigenvalue weighted by atomic mass is 31.2. The highest BCUT2D eigenvalue weighted by Crippen LogP contribution is 2.43. The van der Waals surface area contributed by atoms with Gasteiger partial charge in [0.2, 0.25) is 5.91 Å². The van der Waals surface area contributed by atoms with E-state index in [0.29, 0.717) is 23.9 Å². The number of phosphoric acid groups is 1. The molecule has 0 aromatic heterocycles. The molecule has 0 fully saturated rings. The Balaban J connectivity index is 4.01. The van der Waals surface area contributed by atoms with Crippen LogP contribution in [0, 0.1) is 0 Å². The van der Waals surface area contributed by atoms with Crippen molar-refractivity contribution in [2.75, 3.05) is 40.9 Å². The first-order valence-corrected chi connectivity index (χ1v) is 35.7. The van der Waals surface area contributed by atoms with Gasteiger partial charge in [0.1, 0.15) is 13.2 Å². The topological polar surface area (TPSA) is 105 Å². The van der Waals surface area contributed by atoms with Gasteiger partial charge in [0.25, 0.3) is 0 Å². The molecular weight excluding hydrogens is 972 g/mol. The molecule has 8 nitrogen and oxygen atoms in total. The number of nitrogens with zero attached hydrogens (tertiary/aromatic N) is 1. The normalized spacial score (nSPS) is 13.8. The summed E-state index contributed by atoms with van der Waals surface area (Å²) in [4.78, 5) is 23.4. The van der Waals surface area contributed by atoms with E-state index in [-0.39, 0.29) is 19.1 Å². The van der Waals surface area contributed by atoms with Crippen LogP contribution in [0.3, 0.4) is 0 Å². The number of hydrogen-bond donors (Lipinski definition) is 3. The van der Waals surface area contributed by atoms with E-state index >= 15 is 0 Å². The minimum atomic E-state index is -4.33. The Kier molecular flexibility index (Phi) is 58.8. The zero-order chi connectivity index (χ0) is 56.3. The number of carbonyl (C=O) groups excluding carboxylic acids is 1. The average molecular weight is 1110 g/mol. The fourth-order valence-electron chi connectivity index (χ4n) is 10.6. The molecule has 0 saturated carbocycles. The number of allylic oxidation sites excluding steroid dienone is 4. The Morgan fingerprint density at radius 1 is 0.442 bits per heavy atom. The molecule has 0 rings (SSSR count). The van der Waals surface area contributed by atoms with Crippen molar-refractivity contribution in [1.82, 2.24) is 5.32 Å². The van der Waals surface area contributed by atoms with Crippen LogP contribution in [-0.4, -0.2) is 73.4 Å². The molecule has 0 aliphatic heterocycles. The molecule has 3 unspecified atom stereocenters. The van der Waals surface area contributed by atoms with Gasteiger partial charge < -0.3 is 19.8 Å². The van der Waals surface area contributed by atoms with Crippen molar-refractivity contribution >= 4 is 13.7 Å². The number of quaternary nitrogens is 1.